The van der Waals surface area contributed by atoms with Crippen molar-refractivity contribution in [2.24, 2.45) is 29.1 Å². The molecule has 0 aromatic carbocycles. The Labute approximate surface area is 157 Å². The molecule has 0 aromatic rings. The molecule has 3 aliphatic rings. The van der Waals surface area contributed by atoms with Crippen LogP contribution in [0, 0.1) is 29.1 Å². The minimum Gasteiger partial charge on any atom is -0.392 e. The number of aliphatic hydroxyl groups excluding tert-OH is 1. The summed E-state index contributed by atoms with van der Waals surface area (Å²) in [4.78, 5) is 26.8. The summed E-state index contributed by atoms with van der Waals surface area (Å²) >= 11 is 0. The van der Waals surface area contributed by atoms with Crippen LogP contribution in [0.25, 0.3) is 0 Å². The van der Waals surface area contributed by atoms with Gasteiger partial charge in [0.05, 0.1) is 6.10 Å². The maximum absolute atomic E-state index is 13.5. The topological polar surface area (TPSA) is 66.4 Å². The minimum absolute atomic E-state index is 0.0229. The van der Waals surface area contributed by atoms with Crippen LogP contribution in [0.3, 0.4) is 0 Å². The largest absolute Gasteiger partial charge is 0.392 e. The molecule has 4 nitrogen and oxygen atoms in total. The molecule has 0 bridgehead atoms. The van der Waals surface area contributed by atoms with Crippen molar-refractivity contribution in [2.45, 2.75) is 72.4 Å². The Kier molecular flexibility index (Phi) is 5.17. The van der Waals surface area contributed by atoms with Gasteiger partial charge in [0.2, 0.25) is 5.91 Å². The fourth-order valence-corrected chi connectivity index (χ4v) is 5.57. The van der Waals surface area contributed by atoms with Gasteiger partial charge in [0, 0.05) is 24.3 Å². The summed E-state index contributed by atoms with van der Waals surface area (Å²) in [7, 11) is 0. The van der Waals surface area contributed by atoms with Crippen LogP contribution in [0.4, 0.5) is 0 Å². The maximum atomic E-state index is 13.5. The summed E-state index contributed by atoms with van der Waals surface area (Å²) in [5, 5.41) is 13.5. The highest BCUT2D eigenvalue weighted by Crippen LogP contribution is 2.56. The van der Waals surface area contributed by atoms with E-state index in [1.165, 1.54) is 5.57 Å². The molecule has 1 saturated heterocycles. The van der Waals surface area contributed by atoms with Crippen molar-refractivity contribution in [3.63, 3.8) is 0 Å². The van der Waals surface area contributed by atoms with E-state index < -0.39 is 11.5 Å². The second-order valence-electron chi connectivity index (χ2n) is 9.18. The molecule has 4 heteroatoms. The van der Waals surface area contributed by atoms with E-state index in [0.29, 0.717) is 18.8 Å². The van der Waals surface area contributed by atoms with E-state index in [0.717, 1.165) is 12.0 Å². The number of Topliss-reactive ketones (excluding diaryl/α,β-unsaturated/α-hetero) is 1. The van der Waals surface area contributed by atoms with E-state index >= 15 is 0 Å². The summed E-state index contributed by atoms with van der Waals surface area (Å²) in [6.45, 7) is 10.7. The van der Waals surface area contributed by atoms with E-state index in [1.807, 2.05) is 13.0 Å². The summed E-state index contributed by atoms with van der Waals surface area (Å²) in [5.74, 6) is 0.307. The predicted octanol–water partition coefficient (Wildman–Crippen LogP) is 3.41. The number of ketones is 1. The number of rotatable bonds is 2. The molecule has 0 saturated carbocycles. The van der Waals surface area contributed by atoms with Gasteiger partial charge in [0.1, 0.15) is 5.41 Å². The zero-order valence-electron chi connectivity index (χ0n) is 16.7. The monoisotopic (exact) mass is 359 g/mol. The minimum atomic E-state index is -1.03. The second kappa shape index (κ2) is 6.95. The Morgan fingerprint density at radius 2 is 1.96 bits per heavy atom. The van der Waals surface area contributed by atoms with Crippen LogP contribution in [0.2, 0.25) is 0 Å². The van der Waals surface area contributed by atoms with Gasteiger partial charge >= 0.3 is 0 Å². The van der Waals surface area contributed by atoms with Gasteiger partial charge in [-0.2, -0.15) is 0 Å². The summed E-state index contributed by atoms with van der Waals surface area (Å²) in [6, 6.07) is 0.0229. The number of allylic oxidation sites excluding steroid dienone is 3. The van der Waals surface area contributed by atoms with E-state index in [1.54, 1.807) is 0 Å². The first kappa shape index (κ1) is 19.3. The molecule has 1 aliphatic heterocycles. The molecule has 6 atom stereocenters. The van der Waals surface area contributed by atoms with Crippen LogP contribution in [0.1, 0.15) is 60.3 Å². The van der Waals surface area contributed by atoms with Crippen molar-refractivity contribution in [2.75, 3.05) is 0 Å². The number of carbonyl (C=O) groups excluding carboxylic acids is 2. The lowest BCUT2D eigenvalue weighted by atomic mass is 9.54. The molecule has 0 aromatic heterocycles. The van der Waals surface area contributed by atoms with Crippen molar-refractivity contribution in [1.29, 1.82) is 0 Å². The highest BCUT2D eigenvalue weighted by molar-refractivity contribution is 6.09. The lowest BCUT2D eigenvalue weighted by Gasteiger charge is -2.46. The first-order valence-electron chi connectivity index (χ1n) is 10.0. The van der Waals surface area contributed by atoms with Crippen LogP contribution in [-0.4, -0.2) is 28.9 Å². The normalized spacial score (nSPS) is 42.7. The van der Waals surface area contributed by atoms with Crippen molar-refractivity contribution < 1.29 is 14.7 Å². The lowest BCUT2D eigenvalue weighted by molar-refractivity contribution is -0.147. The van der Waals surface area contributed by atoms with Gasteiger partial charge < -0.3 is 10.4 Å². The molecule has 3 rings (SSSR count). The number of amides is 1. The van der Waals surface area contributed by atoms with Crippen LogP contribution in [-0.2, 0) is 9.59 Å². The van der Waals surface area contributed by atoms with Crippen LogP contribution < -0.4 is 5.32 Å². The van der Waals surface area contributed by atoms with Crippen LogP contribution >= 0.6 is 0 Å². The Balaban J connectivity index is 2.16. The Morgan fingerprint density at radius 3 is 2.62 bits per heavy atom. The lowest BCUT2D eigenvalue weighted by Crippen LogP contribution is -2.53. The number of carbonyl (C=O) groups is 2. The molecule has 1 spiro atoms. The molecule has 0 radical (unpaired) electrons. The number of nitrogens with one attached hydrogen (secondary N) is 1. The fourth-order valence-electron chi connectivity index (χ4n) is 5.57. The number of hydrogen-bond acceptors (Lipinski definition) is 3. The van der Waals surface area contributed by atoms with Gasteiger partial charge in [-0.3, -0.25) is 9.59 Å². The predicted molar refractivity (Wildman–Crippen MR) is 102 cm³/mol. The third-order valence-electron chi connectivity index (χ3n) is 6.85. The van der Waals surface area contributed by atoms with E-state index in [4.69, 9.17) is 0 Å². The molecule has 1 fully saturated rings. The van der Waals surface area contributed by atoms with Gasteiger partial charge in [-0.25, -0.2) is 0 Å². The van der Waals surface area contributed by atoms with Crippen LogP contribution in [0.15, 0.2) is 23.3 Å². The molecule has 26 heavy (non-hydrogen) atoms. The zero-order valence-corrected chi connectivity index (χ0v) is 16.7. The zero-order chi connectivity index (χ0) is 19.2. The molecule has 1 amide bonds. The smallest absolute Gasteiger partial charge is 0.234 e. The van der Waals surface area contributed by atoms with Gasteiger partial charge in [0.15, 0.2) is 5.78 Å². The standard InChI is InChI=1S/C22H33NO3/c1-12(2)8-18-20-15(5)14(4)10-16-9-13(3)6-7-17(24)11-19(25)22(16,20)21(26)23-18/h6,10,12,15-18,20,24H,7-9,11H2,1-5H3,(H,23,26)/b13-6-/t15-,16-,17-,18+,20-,22?/m1/s1. The molecular formula is C22H33NO3. The third-order valence-corrected chi connectivity index (χ3v) is 6.85. The van der Waals surface area contributed by atoms with Crippen molar-refractivity contribution in [3.05, 3.63) is 23.3 Å². The Bertz CT molecular complexity index is 662. The molecule has 2 aliphatic carbocycles. The highest BCUT2D eigenvalue weighted by atomic mass is 16.3. The average molecular weight is 360 g/mol. The van der Waals surface area contributed by atoms with E-state index in [2.05, 4.69) is 39.1 Å². The highest BCUT2D eigenvalue weighted by Gasteiger charge is 2.65. The van der Waals surface area contributed by atoms with Crippen molar-refractivity contribution in [3.8, 4) is 0 Å². The SMILES string of the molecule is CC1=C[C@H]2C/C(C)=C\C[C@@H](O)CC(=O)C23C(=O)N[C@@H](CC(C)C)[C@H]3[C@@H]1C. The number of hydrogen-bond donors (Lipinski definition) is 2. The van der Waals surface area contributed by atoms with Gasteiger partial charge in [-0.1, -0.05) is 44.1 Å². The maximum Gasteiger partial charge on any atom is 0.234 e. The van der Waals surface area contributed by atoms with Gasteiger partial charge in [-0.15, -0.1) is 0 Å². The van der Waals surface area contributed by atoms with Crippen LogP contribution in [0.5, 0.6) is 0 Å². The molecule has 1 heterocycles. The second-order valence-corrected chi connectivity index (χ2v) is 9.18. The van der Waals surface area contributed by atoms with Gasteiger partial charge in [0.25, 0.3) is 0 Å². The first-order valence-corrected chi connectivity index (χ1v) is 10.0. The third kappa shape index (κ3) is 2.96. The Morgan fingerprint density at radius 1 is 1.27 bits per heavy atom. The summed E-state index contributed by atoms with van der Waals surface area (Å²) < 4.78 is 0. The average Bonchev–Trinajstić information content (AvgIpc) is 2.84. The molecule has 2 N–H and O–H groups in total. The summed E-state index contributed by atoms with van der Waals surface area (Å²) in [5.41, 5.74) is 1.40. The van der Waals surface area contributed by atoms with E-state index in [-0.39, 0.29) is 41.9 Å². The molecule has 1 unspecified atom stereocenters. The first-order chi connectivity index (χ1) is 12.2. The number of aliphatic hydroxyl groups is 1. The molecular weight excluding hydrogens is 326 g/mol. The van der Waals surface area contributed by atoms with Crippen molar-refractivity contribution >= 4 is 11.7 Å². The van der Waals surface area contributed by atoms with E-state index in [9.17, 15) is 14.7 Å². The fraction of sp³-hybridized carbons (Fsp3) is 0.727. The van der Waals surface area contributed by atoms with Crippen molar-refractivity contribution in [1.82, 2.24) is 5.32 Å². The molecule has 144 valence electrons. The quantitative estimate of drug-likeness (QED) is 0.586. The van der Waals surface area contributed by atoms with Gasteiger partial charge in [-0.05, 0) is 44.9 Å². The Hall–Kier alpha value is -1.42. The summed E-state index contributed by atoms with van der Waals surface area (Å²) in [6.07, 6.45) is 5.65.